The van der Waals surface area contributed by atoms with Gasteiger partial charge in [0, 0.05) is 5.02 Å². The molecule has 0 aliphatic carbocycles. The summed E-state index contributed by atoms with van der Waals surface area (Å²) in [5.41, 5.74) is 0. The Morgan fingerprint density at radius 2 is 1.32 bits per heavy atom. The molecule has 2 nitrogen and oxygen atoms in total. The molecule has 0 amide bonds. The molecular formula is C18H14Cl2O2. The Balaban J connectivity index is 0.000000211. The lowest BCUT2D eigenvalue weighted by Gasteiger charge is -2.07. The minimum atomic E-state index is 0.322. The number of phenolic OH excluding ortho intramolecular Hbond substituents is 1. The molecule has 112 valence electrons. The average Bonchev–Trinajstić information content (AvgIpc) is 2.53. The summed E-state index contributed by atoms with van der Waals surface area (Å²) >= 11 is 11.7. The predicted molar refractivity (Wildman–Crippen MR) is 91.1 cm³/mol. The Hall–Kier alpha value is -2.16. The number of hydrogen-bond donors (Lipinski definition) is 1. The maximum atomic E-state index is 8.63. The summed E-state index contributed by atoms with van der Waals surface area (Å²) < 4.78 is 5.57. The molecule has 0 spiro atoms. The van der Waals surface area contributed by atoms with E-state index in [0.29, 0.717) is 21.5 Å². The van der Waals surface area contributed by atoms with Crippen LogP contribution in [0.15, 0.2) is 78.9 Å². The van der Waals surface area contributed by atoms with Crippen LogP contribution in [-0.2, 0) is 0 Å². The Labute approximate surface area is 139 Å². The van der Waals surface area contributed by atoms with Crippen LogP contribution in [0.1, 0.15) is 0 Å². The zero-order chi connectivity index (χ0) is 15.8. The Morgan fingerprint density at radius 3 is 1.82 bits per heavy atom. The van der Waals surface area contributed by atoms with Gasteiger partial charge in [-0.15, -0.1) is 0 Å². The molecule has 22 heavy (non-hydrogen) atoms. The molecule has 0 bridgehead atoms. The van der Waals surface area contributed by atoms with Crippen molar-refractivity contribution < 1.29 is 9.84 Å². The highest BCUT2D eigenvalue weighted by Crippen LogP contribution is 2.31. The second-order valence-electron chi connectivity index (χ2n) is 4.33. The van der Waals surface area contributed by atoms with E-state index in [9.17, 15) is 0 Å². The zero-order valence-electron chi connectivity index (χ0n) is 11.6. The van der Waals surface area contributed by atoms with Crippen LogP contribution in [0.3, 0.4) is 0 Å². The van der Waals surface area contributed by atoms with Crippen LogP contribution < -0.4 is 4.74 Å². The molecule has 0 heterocycles. The fraction of sp³-hybridized carbons (Fsp3) is 0. The maximum absolute atomic E-state index is 8.63. The summed E-state index contributed by atoms with van der Waals surface area (Å²) in [5.74, 6) is 1.68. The molecule has 0 atom stereocenters. The fourth-order valence-electron chi connectivity index (χ4n) is 1.60. The summed E-state index contributed by atoms with van der Waals surface area (Å²) in [6, 6.07) is 23.3. The molecule has 0 unspecified atom stereocenters. The van der Waals surface area contributed by atoms with E-state index in [1.807, 2.05) is 36.4 Å². The van der Waals surface area contributed by atoms with Gasteiger partial charge in [-0.1, -0.05) is 59.6 Å². The van der Waals surface area contributed by atoms with Crippen LogP contribution >= 0.6 is 23.2 Å². The molecule has 0 saturated carbocycles. The van der Waals surface area contributed by atoms with Gasteiger partial charge in [0.15, 0.2) is 0 Å². The van der Waals surface area contributed by atoms with Crippen LogP contribution in [0.5, 0.6) is 17.2 Å². The number of benzene rings is 3. The molecule has 0 saturated heterocycles. The average molecular weight is 333 g/mol. The van der Waals surface area contributed by atoms with Crippen molar-refractivity contribution in [3.05, 3.63) is 88.9 Å². The zero-order valence-corrected chi connectivity index (χ0v) is 13.1. The molecule has 0 aromatic heterocycles. The summed E-state index contributed by atoms with van der Waals surface area (Å²) in [7, 11) is 0. The molecule has 0 fully saturated rings. The minimum Gasteiger partial charge on any atom is -0.508 e. The molecule has 3 aromatic carbocycles. The number of halogens is 2. The van der Waals surface area contributed by atoms with Gasteiger partial charge < -0.3 is 9.84 Å². The first-order chi connectivity index (χ1) is 10.6. The molecule has 4 heteroatoms. The molecular weight excluding hydrogens is 319 g/mol. The molecule has 1 N–H and O–H groups in total. The van der Waals surface area contributed by atoms with Crippen LogP contribution in [0, 0.1) is 0 Å². The van der Waals surface area contributed by atoms with E-state index in [0.717, 1.165) is 5.75 Å². The second kappa shape index (κ2) is 8.32. The van der Waals surface area contributed by atoms with Crippen LogP contribution in [0.25, 0.3) is 0 Å². The monoisotopic (exact) mass is 332 g/mol. The van der Waals surface area contributed by atoms with Crippen molar-refractivity contribution in [2.75, 3.05) is 0 Å². The van der Waals surface area contributed by atoms with Gasteiger partial charge in [0.1, 0.15) is 17.2 Å². The predicted octanol–water partition coefficient (Wildman–Crippen LogP) is 6.18. The summed E-state index contributed by atoms with van der Waals surface area (Å²) in [5, 5.41) is 9.74. The van der Waals surface area contributed by atoms with Crippen molar-refractivity contribution >= 4 is 23.2 Å². The summed E-state index contributed by atoms with van der Waals surface area (Å²) in [4.78, 5) is 0. The molecule has 0 aliphatic rings. The van der Waals surface area contributed by atoms with Crippen molar-refractivity contribution in [2.24, 2.45) is 0 Å². The maximum Gasteiger partial charge on any atom is 0.146 e. The van der Waals surface area contributed by atoms with E-state index in [4.69, 9.17) is 33.0 Å². The standard InChI is InChI=1S/C12H8Cl2O.C6H6O/c13-9-6-7-12(11(14)8-9)15-10-4-2-1-3-5-10;7-6-4-2-1-3-5-6/h1-8H;1-5,7H. The van der Waals surface area contributed by atoms with Crippen LogP contribution in [-0.4, -0.2) is 5.11 Å². The van der Waals surface area contributed by atoms with Crippen molar-refractivity contribution in [3.8, 4) is 17.2 Å². The molecule has 0 aliphatic heterocycles. The smallest absolute Gasteiger partial charge is 0.146 e. The Bertz CT molecular complexity index is 701. The van der Waals surface area contributed by atoms with E-state index in [-0.39, 0.29) is 0 Å². The molecule has 0 radical (unpaired) electrons. The third-order valence-corrected chi connectivity index (χ3v) is 3.15. The van der Waals surface area contributed by atoms with Crippen molar-refractivity contribution in [2.45, 2.75) is 0 Å². The highest BCUT2D eigenvalue weighted by Gasteiger charge is 2.02. The van der Waals surface area contributed by atoms with Gasteiger partial charge in [0.2, 0.25) is 0 Å². The highest BCUT2D eigenvalue weighted by atomic mass is 35.5. The van der Waals surface area contributed by atoms with Crippen molar-refractivity contribution in [1.29, 1.82) is 0 Å². The lowest BCUT2D eigenvalue weighted by molar-refractivity contribution is 0.475. The third kappa shape index (κ3) is 5.32. The van der Waals surface area contributed by atoms with Gasteiger partial charge in [-0.2, -0.15) is 0 Å². The first-order valence-electron chi connectivity index (χ1n) is 6.57. The highest BCUT2D eigenvalue weighted by molar-refractivity contribution is 6.35. The SMILES string of the molecule is Clc1ccc(Oc2ccccc2)c(Cl)c1.Oc1ccccc1. The number of ether oxygens (including phenoxy) is 1. The number of hydrogen-bond acceptors (Lipinski definition) is 2. The number of aromatic hydroxyl groups is 1. The van der Waals surface area contributed by atoms with Gasteiger partial charge >= 0.3 is 0 Å². The third-order valence-electron chi connectivity index (χ3n) is 2.62. The quantitative estimate of drug-likeness (QED) is 0.607. The molecule has 3 aromatic rings. The summed E-state index contributed by atoms with van der Waals surface area (Å²) in [6.07, 6.45) is 0. The van der Waals surface area contributed by atoms with Gasteiger partial charge in [-0.3, -0.25) is 0 Å². The Morgan fingerprint density at radius 1 is 0.727 bits per heavy atom. The van der Waals surface area contributed by atoms with E-state index in [1.165, 1.54) is 0 Å². The van der Waals surface area contributed by atoms with Gasteiger partial charge in [-0.25, -0.2) is 0 Å². The van der Waals surface area contributed by atoms with Gasteiger partial charge in [-0.05, 0) is 42.5 Å². The topological polar surface area (TPSA) is 29.5 Å². The van der Waals surface area contributed by atoms with E-state index in [1.54, 1.807) is 42.5 Å². The summed E-state index contributed by atoms with van der Waals surface area (Å²) in [6.45, 7) is 0. The fourth-order valence-corrected chi connectivity index (χ4v) is 2.05. The van der Waals surface area contributed by atoms with E-state index >= 15 is 0 Å². The second-order valence-corrected chi connectivity index (χ2v) is 5.17. The minimum absolute atomic E-state index is 0.322. The number of para-hydroxylation sites is 2. The lowest BCUT2D eigenvalue weighted by Crippen LogP contribution is -1.84. The normalized spacial score (nSPS) is 9.55. The molecule has 3 rings (SSSR count). The van der Waals surface area contributed by atoms with Crippen molar-refractivity contribution in [1.82, 2.24) is 0 Å². The van der Waals surface area contributed by atoms with Crippen LogP contribution in [0.4, 0.5) is 0 Å². The van der Waals surface area contributed by atoms with Crippen LogP contribution in [0.2, 0.25) is 10.0 Å². The largest absolute Gasteiger partial charge is 0.508 e. The van der Waals surface area contributed by atoms with Gasteiger partial charge in [0.25, 0.3) is 0 Å². The first kappa shape index (κ1) is 16.2. The van der Waals surface area contributed by atoms with E-state index in [2.05, 4.69) is 0 Å². The number of rotatable bonds is 2. The first-order valence-corrected chi connectivity index (χ1v) is 7.33. The van der Waals surface area contributed by atoms with Gasteiger partial charge in [0.05, 0.1) is 5.02 Å². The number of phenols is 1. The lowest BCUT2D eigenvalue weighted by atomic mass is 10.3. The Kier molecular flexibility index (Phi) is 6.13. The van der Waals surface area contributed by atoms with Crippen molar-refractivity contribution in [3.63, 3.8) is 0 Å². The van der Waals surface area contributed by atoms with E-state index < -0.39 is 0 Å².